The molecule has 0 aromatic carbocycles. The highest BCUT2D eigenvalue weighted by molar-refractivity contribution is 8.93. The van der Waals surface area contributed by atoms with Gasteiger partial charge in [-0.1, -0.05) is 6.58 Å². The first-order chi connectivity index (χ1) is 3.81. The van der Waals surface area contributed by atoms with Crippen LogP contribution in [0.5, 0.6) is 0 Å². The topological polar surface area (TPSA) is 55.1 Å². The zero-order valence-electron chi connectivity index (χ0n) is 5.09. The first kappa shape index (κ1) is 11.4. The minimum Gasteiger partial charge on any atom is -0.351 e. The zero-order valence-corrected chi connectivity index (χ0v) is 6.81. The fourth-order valence-electron chi connectivity index (χ4n) is 0.268. The van der Waals surface area contributed by atoms with E-state index in [-0.39, 0.29) is 22.9 Å². The molecule has 0 radical (unpaired) electrons. The molecule has 0 bridgehead atoms. The van der Waals surface area contributed by atoms with Crippen LogP contribution in [0.15, 0.2) is 12.7 Å². The first-order valence-corrected chi connectivity index (χ1v) is 2.41. The van der Waals surface area contributed by atoms with E-state index in [1.807, 2.05) is 0 Å². The van der Waals surface area contributed by atoms with E-state index in [0.717, 1.165) is 0 Å². The molecule has 3 nitrogen and oxygen atoms in total. The van der Waals surface area contributed by atoms with Gasteiger partial charge in [0.2, 0.25) is 5.91 Å². The summed E-state index contributed by atoms with van der Waals surface area (Å²) in [6, 6.07) is 0. The van der Waals surface area contributed by atoms with E-state index in [1.165, 1.54) is 6.08 Å². The second kappa shape index (κ2) is 7.65. The Kier molecular flexibility index (Phi) is 9.73. The van der Waals surface area contributed by atoms with Crippen molar-refractivity contribution in [3.8, 4) is 0 Å². The summed E-state index contributed by atoms with van der Waals surface area (Å²) < 4.78 is 0. The fraction of sp³-hybridized carbons (Fsp3) is 0.400. The van der Waals surface area contributed by atoms with Gasteiger partial charge in [-0.3, -0.25) is 4.79 Å². The quantitative estimate of drug-likeness (QED) is 0.614. The molecule has 0 unspecified atom stereocenters. The number of halogens is 1. The summed E-state index contributed by atoms with van der Waals surface area (Å²) in [5, 5.41) is 2.50. The Labute approximate surface area is 65.1 Å². The molecule has 0 heterocycles. The average Bonchev–Trinajstić information content (AvgIpc) is 1.83. The van der Waals surface area contributed by atoms with Crippen LogP contribution in [-0.4, -0.2) is 19.0 Å². The molecule has 1 amide bonds. The zero-order chi connectivity index (χ0) is 6.41. The number of amides is 1. The third kappa shape index (κ3) is 7.65. The summed E-state index contributed by atoms with van der Waals surface area (Å²) in [5.74, 6) is -0.171. The Hall–Kier alpha value is -0.350. The lowest BCUT2D eigenvalue weighted by atomic mass is 10.5. The largest absolute Gasteiger partial charge is 0.351 e. The third-order valence-electron chi connectivity index (χ3n) is 0.629. The maximum atomic E-state index is 10.3. The maximum absolute atomic E-state index is 10.3. The van der Waals surface area contributed by atoms with Gasteiger partial charge in [0.1, 0.15) is 0 Å². The van der Waals surface area contributed by atoms with Gasteiger partial charge in [0.05, 0.1) is 0 Å². The number of nitrogens with one attached hydrogen (secondary N) is 1. The number of hydrogen-bond acceptors (Lipinski definition) is 2. The van der Waals surface area contributed by atoms with Crippen LogP contribution < -0.4 is 11.1 Å². The van der Waals surface area contributed by atoms with Gasteiger partial charge in [-0.2, -0.15) is 0 Å². The van der Waals surface area contributed by atoms with Crippen molar-refractivity contribution in [1.82, 2.24) is 5.32 Å². The van der Waals surface area contributed by atoms with E-state index < -0.39 is 0 Å². The molecule has 0 aliphatic heterocycles. The lowest BCUT2D eigenvalue weighted by Crippen LogP contribution is -2.27. The molecule has 0 fully saturated rings. The molecular formula is C5H11BrN2O. The normalized spacial score (nSPS) is 7.22. The van der Waals surface area contributed by atoms with Crippen molar-refractivity contribution < 1.29 is 4.79 Å². The van der Waals surface area contributed by atoms with Crippen LogP contribution in [0.25, 0.3) is 0 Å². The minimum atomic E-state index is -0.171. The molecular weight excluding hydrogens is 184 g/mol. The highest BCUT2D eigenvalue weighted by Gasteiger charge is 1.86. The Bertz CT molecular complexity index is 95.0. The minimum absolute atomic E-state index is 0. The van der Waals surface area contributed by atoms with Crippen molar-refractivity contribution in [3.63, 3.8) is 0 Å². The van der Waals surface area contributed by atoms with Gasteiger partial charge in [0.25, 0.3) is 0 Å². The van der Waals surface area contributed by atoms with Crippen molar-refractivity contribution in [2.45, 2.75) is 0 Å². The standard InChI is InChI=1S/C5H10N2O.BrH/c1-2-5(8)7-4-3-6;/h2H,1,3-4,6H2,(H,7,8);1H. The van der Waals surface area contributed by atoms with Crippen LogP contribution in [0.3, 0.4) is 0 Å². The van der Waals surface area contributed by atoms with Crippen LogP contribution in [0.1, 0.15) is 0 Å². The molecule has 0 atom stereocenters. The van der Waals surface area contributed by atoms with Crippen LogP contribution in [0.2, 0.25) is 0 Å². The average molecular weight is 195 g/mol. The van der Waals surface area contributed by atoms with Gasteiger partial charge in [-0.15, -0.1) is 17.0 Å². The molecule has 0 aliphatic rings. The number of carbonyl (C=O) groups excluding carboxylic acids is 1. The summed E-state index contributed by atoms with van der Waals surface area (Å²) >= 11 is 0. The van der Waals surface area contributed by atoms with Crippen molar-refractivity contribution in [3.05, 3.63) is 12.7 Å². The first-order valence-electron chi connectivity index (χ1n) is 2.41. The molecule has 0 rings (SSSR count). The summed E-state index contributed by atoms with van der Waals surface area (Å²) in [5.41, 5.74) is 5.08. The number of hydrogen-bond donors (Lipinski definition) is 2. The number of rotatable bonds is 3. The van der Waals surface area contributed by atoms with Crippen molar-refractivity contribution >= 4 is 22.9 Å². The van der Waals surface area contributed by atoms with E-state index >= 15 is 0 Å². The Balaban J connectivity index is 0. The highest BCUT2D eigenvalue weighted by Crippen LogP contribution is 1.61. The molecule has 0 aromatic heterocycles. The predicted molar refractivity (Wildman–Crippen MR) is 42.6 cm³/mol. The molecule has 54 valence electrons. The summed E-state index contributed by atoms with van der Waals surface area (Å²) in [6.45, 7) is 4.25. The van der Waals surface area contributed by atoms with E-state index in [1.54, 1.807) is 0 Å². The van der Waals surface area contributed by atoms with Crippen LogP contribution in [0.4, 0.5) is 0 Å². The van der Waals surface area contributed by atoms with Crippen molar-refractivity contribution in [2.24, 2.45) is 5.73 Å². The SMILES string of the molecule is Br.C=CC(=O)NCCN. The van der Waals surface area contributed by atoms with Crippen LogP contribution in [-0.2, 0) is 4.79 Å². The van der Waals surface area contributed by atoms with Crippen molar-refractivity contribution in [2.75, 3.05) is 13.1 Å². The lowest BCUT2D eigenvalue weighted by Gasteiger charge is -1.94. The molecule has 4 heteroatoms. The lowest BCUT2D eigenvalue weighted by molar-refractivity contribution is -0.116. The molecule has 3 N–H and O–H groups in total. The van der Waals surface area contributed by atoms with Gasteiger partial charge in [0, 0.05) is 13.1 Å². The van der Waals surface area contributed by atoms with Gasteiger partial charge in [0.15, 0.2) is 0 Å². The summed E-state index contributed by atoms with van der Waals surface area (Å²) in [4.78, 5) is 10.3. The molecule has 9 heavy (non-hydrogen) atoms. The van der Waals surface area contributed by atoms with E-state index in [9.17, 15) is 4.79 Å². The van der Waals surface area contributed by atoms with E-state index in [0.29, 0.717) is 13.1 Å². The second-order valence-corrected chi connectivity index (χ2v) is 1.28. The molecule has 0 aliphatic carbocycles. The molecule has 0 saturated carbocycles. The summed E-state index contributed by atoms with van der Waals surface area (Å²) in [6.07, 6.45) is 1.22. The monoisotopic (exact) mass is 194 g/mol. The summed E-state index contributed by atoms with van der Waals surface area (Å²) in [7, 11) is 0. The van der Waals surface area contributed by atoms with Crippen molar-refractivity contribution in [1.29, 1.82) is 0 Å². The van der Waals surface area contributed by atoms with Gasteiger partial charge in [-0.05, 0) is 6.08 Å². The third-order valence-corrected chi connectivity index (χ3v) is 0.629. The maximum Gasteiger partial charge on any atom is 0.243 e. The Morgan fingerprint density at radius 3 is 2.67 bits per heavy atom. The van der Waals surface area contributed by atoms with E-state index in [4.69, 9.17) is 5.73 Å². The van der Waals surface area contributed by atoms with Gasteiger partial charge in [-0.25, -0.2) is 0 Å². The molecule has 0 spiro atoms. The van der Waals surface area contributed by atoms with Crippen LogP contribution in [0, 0.1) is 0 Å². The van der Waals surface area contributed by atoms with Crippen LogP contribution >= 0.6 is 17.0 Å². The number of carbonyl (C=O) groups is 1. The predicted octanol–water partition coefficient (Wildman–Crippen LogP) is -0.175. The smallest absolute Gasteiger partial charge is 0.243 e. The fourth-order valence-corrected chi connectivity index (χ4v) is 0.268. The Morgan fingerprint density at radius 1 is 1.78 bits per heavy atom. The number of nitrogens with two attached hydrogens (primary N) is 1. The van der Waals surface area contributed by atoms with Gasteiger partial charge < -0.3 is 11.1 Å². The Morgan fingerprint density at radius 2 is 2.33 bits per heavy atom. The highest BCUT2D eigenvalue weighted by atomic mass is 79.9. The van der Waals surface area contributed by atoms with Gasteiger partial charge >= 0.3 is 0 Å². The second-order valence-electron chi connectivity index (χ2n) is 1.28. The van der Waals surface area contributed by atoms with E-state index in [2.05, 4.69) is 11.9 Å². The molecule has 0 saturated heterocycles. The molecule has 0 aromatic rings.